The van der Waals surface area contributed by atoms with Gasteiger partial charge in [0.2, 0.25) is 11.8 Å². The predicted octanol–water partition coefficient (Wildman–Crippen LogP) is 2.68. The van der Waals surface area contributed by atoms with E-state index < -0.39 is 17.6 Å². The van der Waals surface area contributed by atoms with Gasteiger partial charge in [-0.25, -0.2) is 4.68 Å². The smallest absolute Gasteiger partial charge is 0.416 e. The van der Waals surface area contributed by atoms with E-state index in [9.17, 15) is 22.8 Å². The Labute approximate surface area is 158 Å². The van der Waals surface area contributed by atoms with Gasteiger partial charge in [0.05, 0.1) is 24.6 Å². The summed E-state index contributed by atoms with van der Waals surface area (Å²) < 4.78 is 44.8. The van der Waals surface area contributed by atoms with Crippen LogP contribution in [0.1, 0.15) is 24.8 Å². The molecular formula is C17H18F3N5O3. The molecule has 11 heteroatoms. The lowest BCUT2D eigenvalue weighted by molar-refractivity contribution is -0.137. The van der Waals surface area contributed by atoms with E-state index in [1.807, 2.05) is 0 Å². The maximum absolute atomic E-state index is 12.9. The Morgan fingerprint density at radius 2 is 2.04 bits per heavy atom. The number of amides is 2. The van der Waals surface area contributed by atoms with Gasteiger partial charge in [-0.15, -0.1) is 5.10 Å². The average molecular weight is 397 g/mol. The lowest BCUT2D eigenvalue weighted by Crippen LogP contribution is -2.28. The normalized spacial score (nSPS) is 14.3. The summed E-state index contributed by atoms with van der Waals surface area (Å²) in [6.07, 6.45) is -0.489. The second-order valence-corrected chi connectivity index (χ2v) is 6.38. The molecule has 8 nitrogen and oxygen atoms in total. The highest BCUT2D eigenvalue weighted by Gasteiger charge is 2.31. The van der Waals surface area contributed by atoms with Crippen molar-refractivity contribution in [1.29, 1.82) is 0 Å². The molecule has 2 amide bonds. The van der Waals surface area contributed by atoms with Gasteiger partial charge in [0.25, 0.3) is 0 Å². The Kier molecular flexibility index (Phi) is 5.52. The number of carbonyl (C=O) groups is 2. The van der Waals surface area contributed by atoms with Crippen molar-refractivity contribution in [3.63, 3.8) is 0 Å². The number of benzene rings is 1. The van der Waals surface area contributed by atoms with E-state index in [0.717, 1.165) is 37.5 Å². The zero-order valence-corrected chi connectivity index (χ0v) is 14.9. The van der Waals surface area contributed by atoms with Gasteiger partial charge < -0.3 is 15.4 Å². The minimum Gasteiger partial charge on any atom is -0.495 e. The van der Waals surface area contributed by atoms with Gasteiger partial charge in [-0.05, 0) is 31.0 Å². The number of aromatic nitrogens is 3. The van der Waals surface area contributed by atoms with Crippen LogP contribution in [0.25, 0.3) is 0 Å². The minimum atomic E-state index is -4.55. The summed E-state index contributed by atoms with van der Waals surface area (Å²) in [6.45, 7) is -0.300. The molecule has 1 saturated carbocycles. The molecule has 1 fully saturated rings. The van der Waals surface area contributed by atoms with Gasteiger partial charge >= 0.3 is 6.18 Å². The van der Waals surface area contributed by atoms with Crippen molar-refractivity contribution in [2.45, 2.75) is 32.0 Å². The number of methoxy groups -OCH3 is 1. The van der Waals surface area contributed by atoms with Crippen LogP contribution in [0.15, 0.2) is 24.4 Å². The first-order valence-corrected chi connectivity index (χ1v) is 8.52. The van der Waals surface area contributed by atoms with Crippen molar-refractivity contribution in [3.8, 4) is 5.75 Å². The molecule has 0 unspecified atom stereocenters. The number of nitrogens with zero attached hydrogens (tertiary/aromatic N) is 3. The fourth-order valence-corrected chi connectivity index (χ4v) is 2.65. The fraction of sp³-hybridized carbons (Fsp3) is 0.412. The third kappa shape index (κ3) is 4.59. The van der Waals surface area contributed by atoms with Crippen LogP contribution in [0.4, 0.5) is 24.7 Å². The molecule has 1 aromatic heterocycles. The van der Waals surface area contributed by atoms with E-state index in [1.54, 1.807) is 0 Å². The summed E-state index contributed by atoms with van der Waals surface area (Å²) in [5, 5.41) is 12.5. The van der Waals surface area contributed by atoms with E-state index in [4.69, 9.17) is 4.74 Å². The molecule has 0 saturated heterocycles. The molecule has 1 heterocycles. The molecule has 1 aliphatic rings. The molecule has 0 radical (unpaired) electrons. The predicted molar refractivity (Wildman–Crippen MR) is 92.6 cm³/mol. The Bertz CT molecular complexity index is 877. The second kappa shape index (κ2) is 7.87. The van der Waals surface area contributed by atoms with Gasteiger partial charge in [0.15, 0.2) is 5.82 Å². The first kappa shape index (κ1) is 19.6. The number of nitrogens with one attached hydrogen (secondary N) is 2. The van der Waals surface area contributed by atoms with Crippen LogP contribution in [-0.2, 0) is 22.3 Å². The molecule has 3 rings (SSSR count). The first-order chi connectivity index (χ1) is 13.3. The highest BCUT2D eigenvalue weighted by molar-refractivity contribution is 5.93. The summed E-state index contributed by atoms with van der Waals surface area (Å²) in [4.78, 5) is 24.1. The van der Waals surface area contributed by atoms with Crippen LogP contribution in [0.2, 0.25) is 0 Å². The molecule has 2 aromatic rings. The molecule has 2 N–H and O–H groups in total. The van der Waals surface area contributed by atoms with E-state index in [2.05, 4.69) is 20.9 Å². The molecule has 0 bridgehead atoms. The van der Waals surface area contributed by atoms with Crippen molar-refractivity contribution in [2.24, 2.45) is 5.92 Å². The number of hydrogen-bond acceptors (Lipinski definition) is 5. The van der Waals surface area contributed by atoms with Crippen LogP contribution in [0.3, 0.4) is 0 Å². The maximum Gasteiger partial charge on any atom is 0.416 e. The van der Waals surface area contributed by atoms with Crippen LogP contribution in [0, 0.1) is 5.92 Å². The number of anilines is 2. The molecule has 1 aliphatic carbocycles. The van der Waals surface area contributed by atoms with Crippen LogP contribution < -0.4 is 15.4 Å². The highest BCUT2D eigenvalue weighted by atomic mass is 19.4. The van der Waals surface area contributed by atoms with Gasteiger partial charge in [0.1, 0.15) is 12.3 Å². The molecular weight excluding hydrogens is 379 g/mol. The van der Waals surface area contributed by atoms with Crippen molar-refractivity contribution >= 4 is 23.3 Å². The molecule has 0 atom stereocenters. The topological polar surface area (TPSA) is 98.1 Å². The SMILES string of the molecule is COc1ccc(C(F)(F)F)cc1NC(=O)Cn1cc(NC(=O)C2CCC2)nn1. The molecule has 0 aliphatic heterocycles. The number of ether oxygens (including phenoxy) is 1. The van der Waals surface area contributed by atoms with Gasteiger partial charge in [-0.2, -0.15) is 13.2 Å². The molecule has 1 aromatic carbocycles. The van der Waals surface area contributed by atoms with E-state index in [0.29, 0.717) is 0 Å². The monoisotopic (exact) mass is 397 g/mol. The summed E-state index contributed by atoms with van der Waals surface area (Å²) in [5.41, 5.74) is -1.02. The second-order valence-electron chi connectivity index (χ2n) is 6.38. The average Bonchev–Trinajstić information content (AvgIpc) is 2.98. The largest absolute Gasteiger partial charge is 0.495 e. The van der Waals surface area contributed by atoms with E-state index in [-0.39, 0.29) is 35.6 Å². The van der Waals surface area contributed by atoms with Crippen molar-refractivity contribution in [1.82, 2.24) is 15.0 Å². The number of halogens is 3. The van der Waals surface area contributed by atoms with E-state index >= 15 is 0 Å². The minimum absolute atomic E-state index is 0.0261. The first-order valence-electron chi connectivity index (χ1n) is 8.52. The number of hydrogen-bond donors (Lipinski definition) is 2. The lowest BCUT2D eigenvalue weighted by Gasteiger charge is -2.23. The highest BCUT2D eigenvalue weighted by Crippen LogP contribution is 2.35. The Morgan fingerprint density at radius 1 is 1.29 bits per heavy atom. The van der Waals surface area contributed by atoms with Crippen molar-refractivity contribution in [3.05, 3.63) is 30.0 Å². The Morgan fingerprint density at radius 3 is 2.64 bits per heavy atom. The number of alkyl halides is 3. The van der Waals surface area contributed by atoms with Crippen LogP contribution >= 0.6 is 0 Å². The summed E-state index contributed by atoms with van der Waals surface area (Å²) >= 11 is 0. The Hall–Kier alpha value is -3.11. The third-order valence-corrected chi connectivity index (χ3v) is 4.37. The maximum atomic E-state index is 12.9. The number of rotatable bonds is 6. The van der Waals surface area contributed by atoms with Gasteiger partial charge in [-0.3, -0.25) is 9.59 Å². The standard InChI is InChI=1S/C17H18F3N5O3/c1-28-13-6-5-11(17(18,19)20)7-12(13)21-15(26)9-25-8-14(23-24-25)22-16(27)10-3-2-4-10/h5-8,10H,2-4,9H2,1H3,(H,21,26)(H,22,27). The summed E-state index contributed by atoms with van der Waals surface area (Å²) in [6, 6.07) is 2.79. The zero-order chi connectivity index (χ0) is 20.3. The summed E-state index contributed by atoms with van der Waals surface area (Å²) in [7, 11) is 1.28. The number of carbonyl (C=O) groups excluding carboxylic acids is 2. The molecule has 150 valence electrons. The third-order valence-electron chi connectivity index (χ3n) is 4.37. The van der Waals surface area contributed by atoms with E-state index in [1.165, 1.54) is 18.0 Å². The van der Waals surface area contributed by atoms with Gasteiger partial charge in [0, 0.05) is 5.92 Å². The fourth-order valence-electron chi connectivity index (χ4n) is 2.65. The molecule has 0 spiro atoms. The van der Waals surface area contributed by atoms with Crippen LogP contribution in [-0.4, -0.2) is 33.9 Å². The molecule has 28 heavy (non-hydrogen) atoms. The van der Waals surface area contributed by atoms with Crippen molar-refractivity contribution in [2.75, 3.05) is 17.7 Å². The zero-order valence-electron chi connectivity index (χ0n) is 14.9. The quantitative estimate of drug-likeness (QED) is 0.781. The van der Waals surface area contributed by atoms with Crippen LogP contribution in [0.5, 0.6) is 5.75 Å². The lowest BCUT2D eigenvalue weighted by atomic mass is 9.85. The summed E-state index contributed by atoms with van der Waals surface area (Å²) in [5.74, 6) is -0.493. The van der Waals surface area contributed by atoms with Gasteiger partial charge in [-0.1, -0.05) is 11.6 Å². The Balaban J connectivity index is 1.63. The van der Waals surface area contributed by atoms with Crippen molar-refractivity contribution < 1.29 is 27.5 Å².